The predicted molar refractivity (Wildman–Crippen MR) is 83.2 cm³/mol. The third kappa shape index (κ3) is 3.66. The molecule has 0 saturated heterocycles. The number of benzene rings is 1. The summed E-state index contributed by atoms with van der Waals surface area (Å²) in [5, 5.41) is 8.13. The summed E-state index contributed by atoms with van der Waals surface area (Å²) in [5.41, 5.74) is 4.08. The van der Waals surface area contributed by atoms with Gasteiger partial charge < -0.3 is 9.15 Å². The van der Waals surface area contributed by atoms with Crippen LogP contribution in [-0.4, -0.2) is 16.8 Å². The van der Waals surface area contributed by atoms with Gasteiger partial charge in [0.15, 0.2) is 0 Å². The van der Waals surface area contributed by atoms with Gasteiger partial charge in [0.05, 0.1) is 19.0 Å². The van der Waals surface area contributed by atoms with E-state index in [1.54, 1.807) is 11.8 Å². The third-order valence-electron chi connectivity index (χ3n) is 3.51. The van der Waals surface area contributed by atoms with Gasteiger partial charge in [0.1, 0.15) is 0 Å². The van der Waals surface area contributed by atoms with E-state index in [9.17, 15) is 0 Å². The topological polar surface area (TPSA) is 48.2 Å². The van der Waals surface area contributed by atoms with E-state index >= 15 is 0 Å². The molecule has 112 valence electrons. The first-order valence-corrected chi connectivity index (χ1v) is 8.46. The van der Waals surface area contributed by atoms with Gasteiger partial charge >= 0.3 is 0 Å². The lowest BCUT2D eigenvalue weighted by molar-refractivity contribution is 0.110. The third-order valence-corrected chi connectivity index (χ3v) is 4.50. The molecule has 2 heterocycles. The van der Waals surface area contributed by atoms with E-state index in [-0.39, 0.29) is 5.92 Å². The molecule has 0 fully saturated rings. The average Bonchev–Trinajstić information content (AvgIpc) is 2.96. The van der Waals surface area contributed by atoms with E-state index in [4.69, 9.17) is 9.15 Å². The van der Waals surface area contributed by atoms with Crippen LogP contribution in [-0.2, 0) is 29.3 Å². The van der Waals surface area contributed by atoms with Crippen LogP contribution < -0.4 is 0 Å². The van der Waals surface area contributed by atoms with Crippen molar-refractivity contribution >= 4 is 11.8 Å². The van der Waals surface area contributed by atoms with E-state index in [0.717, 1.165) is 37.0 Å². The zero-order valence-corrected chi connectivity index (χ0v) is 13.3. The number of rotatable bonds is 5. The van der Waals surface area contributed by atoms with E-state index in [1.807, 2.05) is 0 Å². The standard InChI is InChI=1S/C16H20N2O2S/c1-11(2)16-18-17-15(20-16)10-21-9-12-3-4-13-5-6-19-8-14(13)7-12/h3-4,7,11H,5-6,8-10H2,1-2H3. The van der Waals surface area contributed by atoms with Gasteiger partial charge in [0.25, 0.3) is 0 Å². The fraction of sp³-hybridized carbons (Fsp3) is 0.500. The van der Waals surface area contributed by atoms with Gasteiger partial charge in [-0.05, 0) is 23.1 Å². The van der Waals surface area contributed by atoms with Crippen molar-refractivity contribution in [3.8, 4) is 0 Å². The molecular weight excluding hydrogens is 284 g/mol. The van der Waals surface area contributed by atoms with Crippen LogP contribution in [0.2, 0.25) is 0 Å². The summed E-state index contributed by atoms with van der Waals surface area (Å²) in [6, 6.07) is 6.71. The Bertz CT molecular complexity index is 610. The minimum atomic E-state index is 0.289. The summed E-state index contributed by atoms with van der Waals surface area (Å²) in [7, 11) is 0. The number of fused-ring (bicyclic) bond motifs is 1. The molecule has 1 aliphatic heterocycles. The van der Waals surface area contributed by atoms with E-state index in [0.29, 0.717) is 5.89 Å². The fourth-order valence-electron chi connectivity index (χ4n) is 2.33. The van der Waals surface area contributed by atoms with Gasteiger partial charge in [-0.3, -0.25) is 0 Å². The largest absolute Gasteiger partial charge is 0.424 e. The van der Waals surface area contributed by atoms with Crippen LogP contribution in [0.4, 0.5) is 0 Å². The van der Waals surface area contributed by atoms with Crippen molar-refractivity contribution in [3.05, 3.63) is 46.7 Å². The summed E-state index contributed by atoms with van der Waals surface area (Å²) < 4.78 is 11.1. The Labute approximate surface area is 129 Å². The van der Waals surface area contributed by atoms with E-state index < -0.39 is 0 Å². The van der Waals surface area contributed by atoms with Crippen LogP contribution in [0.3, 0.4) is 0 Å². The number of hydrogen-bond acceptors (Lipinski definition) is 5. The molecule has 3 rings (SSSR count). The molecule has 0 unspecified atom stereocenters. The van der Waals surface area contributed by atoms with Gasteiger partial charge in [-0.1, -0.05) is 32.0 Å². The Balaban J connectivity index is 1.55. The second-order valence-corrected chi connectivity index (χ2v) is 6.57. The van der Waals surface area contributed by atoms with Crippen LogP contribution >= 0.6 is 11.8 Å². The molecule has 1 aliphatic rings. The lowest BCUT2D eigenvalue weighted by Gasteiger charge is -2.17. The maximum absolute atomic E-state index is 5.61. The summed E-state index contributed by atoms with van der Waals surface area (Å²) in [4.78, 5) is 0. The number of thioether (sulfide) groups is 1. The van der Waals surface area contributed by atoms with Crippen LogP contribution in [0, 0.1) is 0 Å². The lowest BCUT2D eigenvalue weighted by Crippen LogP contribution is -2.09. The molecule has 0 radical (unpaired) electrons. The highest BCUT2D eigenvalue weighted by Gasteiger charge is 2.11. The number of nitrogens with zero attached hydrogens (tertiary/aromatic N) is 2. The molecule has 21 heavy (non-hydrogen) atoms. The second kappa shape index (κ2) is 6.62. The van der Waals surface area contributed by atoms with Crippen molar-refractivity contribution in [2.45, 2.75) is 44.3 Å². The zero-order chi connectivity index (χ0) is 14.7. The number of hydrogen-bond donors (Lipinski definition) is 0. The monoisotopic (exact) mass is 304 g/mol. The molecule has 1 aromatic heterocycles. The van der Waals surface area contributed by atoms with Crippen molar-refractivity contribution in [3.63, 3.8) is 0 Å². The first-order valence-electron chi connectivity index (χ1n) is 7.31. The molecule has 0 atom stereocenters. The minimum Gasteiger partial charge on any atom is -0.424 e. The van der Waals surface area contributed by atoms with Crippen LogP contribution in [0.25, 0.3) is 0 Å². The highest BCUT2D eigenvalue weighted by Crippen LogP contribution is 2.23. The average molecular weight is 304 g/mol. The molecule has 5 heteroatoms. The number of aromatic nitrogens is 2. The second-order valence-electron chi connectivity index (χ2n) is 5.59. The first-order chi connectivity index (χ1) is 10.2. The van der Waals surface area contributed by atoms with Crippen molar-refractivity contribution in [2.24, 2.45) is 0 Å². The summed E-state index contributed by atoms with van der Waals surface area (Å²) in [6.07, 6.45) is 1.03. The van der Waals surface area contributed by atoms with Gasteiger partial charge in [0.2, 0.25) is 11.8 Å². The SMILES string of the molecule is CC(C)c1nnc(CSCc2ccc3c(c2)COCC3)o1. The fourth-order valence-corrected chi connectivity index (χ4v) is 3.13. The van der Waals surface area contributed by atoms with Crippen LogP contribution in [0.5, 0.6) is 0 Å². The van der Waals surface area contributed by atoms with E-state index in [2.05, 4.69) is 42.2 Å². The smallest absolute Gasteiger partial charge is 0.226 e. The van der Waals surface area contributed by atoms with Gasteiger partial charge in [-0.25, -0.2) is 0 Å². The maximum Gasteiger partial charge on any atom is 0.226 e. The molecular formula is C16H20N2O2S. The van der Waals surface area contributed by atoms with Crippen LogP contribution in [0.1, 0.15) is 48.2 Å². The van der Waals surface area contributed by atoms with Gasteiger partial charge in [-0.15, -0.1) is 22.0 Å². The van der Waals surface area contributed by atoms with Gasteiger partial charge in [0, 0.05) is 11.7 Å². The van der Waals surface area contributed by atoms with Gasteiger partial charge in [-0.2, -0.15) is 0 Å². The Morgan fingerprint density at radius 3 is 2.90 bits per heavy atom. The Hall–Kier alpha value is -1.33. The van der Waals surface area contributed by atoms with E-state index in [1.165, 1.54) is 16.7 Å². The Kier molecular flexibility index (Phi) is 4.60. The summed E-state index contributed by atoms with van der Waals surface area (Å²) in [6.45, 7) is 5.70. The minimum absolute atomic E-state index is 0.289. The quantitative estimate of drug-likeness (QED) is 0.843. The molecule has 0 amide bonds. The predicted octanol–water partition coefficient (Wildman–Crippen LogP) is 3.70. The van der Waals surface area contributed by atoms with Crippen molar-refractivity contribution in [1.29, 1.82) is 0 Å². The molecule has 0 spiro atoms. The van der Waals surface area contributed by atoms with Crippen LogP contribution in [0.15, 0.2) is 22.6 Å². The van der Waals surface area contributed by atoms with Crippen molar-refractivity contribution < 1.29 is 9.15 Å². The summed E-state index contributed by atoms with van der Waals surface area (Å²) >= 11 is 1.80. The molecule has 2 aromatic rings. The van der Waals surface area contributed by atoms with Crippen molar-refractivity contribution in [1.82, 2.24) is 10.2 Å². The molecule has 0 bridgehead atoms. The number of ether oxygens (including phenoxy) is 1. The highest BCUT2D eigenvalue weighted by molar-refractivity contribution is 7.97. The molecule has 0 aliphatic carbocycles. The Morgan fingerprint density at radius 2 is 2.10 bits per heavy atom. The zero-order valence-electron chi connectivity index (χ0n) is 12.5. The summed E-state index contributed by atoms with van der Waals surface area (Å²) in [5.74, 6) is 3.43. The molecule has 0 N–H and O–H groups in total. The lowest BCUT2D eigenvalue weighted by atomic mass is 10.0. The molecule has 1 aromatic carbocycles. The Morgan fingerprint density at radius 1 is 1.19 bits per heavy atom. The first kappa shape index (κ1) is 14.6. The molecule has 4 nitrogen and oxygen atoms in total. The van der Waals surface area contributed by atoms with Crippen molar-refractivity contribution in [2.75, 3.05) is 6.61 Å². The highest BCUT2D eigenvalue weighted by atomic mass is 32.2. The molecule has 0 saturated carbocycles. The maximum atomic E-state index is 5.61. The normalized spacial score (nSPS) is 14.4.